The Morgan fingerprint density at radius 1 is 1.38 bits per heavy atom. The van der Waals surface area contributed by atoms with Gasteiger partial charge in [-0.25, -0.2) is 8.42 Å². The molecule has 13 heavy (non-hydrogen) atoms. The molecule has 0 fully saturated rings. The second-order valence-corrected chi connectivity index (χ2v) is 6.71. The molecule has 0 radical (unpaired) electrons. The normalized spacial score (nSPS) is 13.7. The summed E-state index contributed by atoms with van der Waals surface area (Å²) in [5.74, 6) is 0. The Bertz CT molecular complexity index is 247. The largest absolute Gasteiger partial charge is 0.329 e. The first-order chi connectivity index (χ1) is 5.70. The summed E-state index contributed by atoms with van der Waals surface area (Å²) in [6, 6.07) is 0. The highest BCUT2D eigenvalue weighted by Gasteiger charge is 2.30. The molecule has 2 N–H and O–H groups in total. The van der Waals surface area contributed by atoms with Gasteiger partial charge in [0, 0.05) is 25.9 Å². The van der Waals surface area contributed by atoms with E-state index >= 15 is 0 Å². The molecule has 0 aliphatic heterocycles. The van der Waals surface area contributed by atoms with E-state index in [-0.39, 0.29) is 0 Å². The molecular formula is C8H20N2O2S. The number of hydrogen-bond acceptors (Lipinski definition) is 4. The third-order valence-corrected chi connectivity index (χ3v) is 4.30. The van der Waals surface area contributed by atoms with Crippen LogP contribution < -0.4 is 5.73 Å². The van der Waals surface area contributed by atoms with E-state index in [1.54, 1.807) is 13.8 Å². The molecule has 0 aromatic rings. The van der Waals surface area contributed by atoms with Gasteiger partial charge in [0.25, 0.3) is 0 Å². The van der Waals surface area contributed by atoms with Gasteiger partial charge < -0.3 is 10.6 Å². The van der Waals surface area contributed by atoms with Gasteiger partial charge in [0.05, 0.1) is 4.75 Å². The lowest BCUT2D eigenvalue weighted by Gasteiger charge is -2.28. The summed E-state index contributed by atoms with van der Waals surface area (Å²) < 4.78 is 22.0. The highest BCUT2D eigenvalue weighted by Crippen LogP contribution is 2.15. The highest BCUT2D eigenvalue weighted by molar-refractivity contribution is 7.92. The van der Waals surface area contributed by atoms with Gasteiger partial charge in [0.1, 0.15) is 0 Å². The molecule has 0 bridgehead atoms. The third kappa shape index (κ3) is 4.06. The van der Waals surface area contributed by atoms with Crippen LogP contribution in [0.25, 0.3) is 0 Å². The van der Waals surface area contributed by atoms with E-state index in [4.69, 9.17) is 5.73 Å². The van der Waals surface area contributed by atoms with E-state index in [9.17, 15) is 8.42 Å². The van der Waals surface area contributed by atoms with E-state index in [0.29, 0.717) is 13.1 Å². The molecule has 0 aliphatic rings. The van der Waals surface area contributed by atoms with Gasteiger partial charge in [-0.3, -0.25) is 0 Å². The molecule has 0 heterocycles. The monoisotopic (exact) mass is 208 g/mol. The molecule has 0 aromatic heterocycles. The van der Waals surface area contributed by atoms with E-state index in [1.165, 1.54) is 6.26 Å². The molecule has 0 saturated carbocycles. The molecule has 0 rings (SSSR count). The average Bonchev–Trinajstić information content (AvgIpc) is 1.83. The first-order valence-corrected chi connectivity index (χ1v) is 6.18. The van der Waals surface area contributed by atoms with E-state index in [2.05, 4.69) is 0 Å². The summed E-state index contributed by atoms with van der Waals surface area (Å²) in [5.41, 5.74) is 5.37. The molecule has 4 nitrogen and oxygen atoms in total. The summed E-state index contributed by atoms with van der Waals surface area (Å²) in [5, 5.41) is 0. The van der Waals surface area contributed by atoms with Crippen LogP contribution in [0.3, 0.4) is 0 Å². The predicted octanol–water partition coefficient (Wildman–Crippen LogP) is -0.300. The van der Waals surface area contributed by atoms with Crippen molar-refractivity contribution >= 4 is 9.84 Å². The lowest BCUT2D eigenvalue weighted by molar-refractivity contribution is 0.311. The number of likely N-dealkylation sites (N-methyl/N-ethyl adjacent to an activating group) is 1. The standard InChI is InChI=1S/C8H20N2O2S/c1-8(2,13(4,11)12)7-10(3)6-5-9/h5-7,9H2,1-4H3. The smallest absolute Gasteiger partial charge is 0.153 e. The van der Waals surface area contributed by atoms with Crippen molar-refractivity contribution in [1.82, 2.24) is 4.90 Å². The zero-order valence-electron chi connectivity index (χ0n) is 8.87. The molecular weight excluding hydrogens is 188 g/mol. The number of hydrogen-bond donors (Lipinski definition) is 1. The van der Waals surface area contributed by atoms with Gasteiger partial charge >= 0.3 is 0 Å². The fraction of sp³-hybridized carbons (Fsp3) is 1.00. The molecule has 0 unspecified atom stereocenters. The fourth-order valence-corrected chi connectivity index (χ4v) is 1.52. The lowest BCUT2D eigenvalue weighted by atomic mass is 10.2. The van der Waals surface area contributed by atoms with Crippen LogP contribution >= 0.6 is 0 Å². The Morgan fingerprint density at radius 3 is 2.15 bits per heavy atom. The minimum absolute atomic E-state index is 0.517. The Morgan fingerprint density at radius 2 is 1.85 bits per heavy atom. The third-order valence-electron chi connectivity index (χ3n) is 2.17. The van der Waals surface area contributed by atoms with Crippen molar-refractivity contribution in [2.45, 2.75) is 18.6 Å². The zero-order chi connectivity index (χ0) is 10.7. The van der Waals surface area contributed by atoms with Gasteiger partial charge in [-0.15, -0.1) is 0 Å². The van der Waals surface area contributed by atoms with Crippen LogP contribution in [0, 0.1) is 0 Å². The van der Waals surface area contributed by atoms with E-state index in [1.807, 2.05) is 11.9 Å². The minimum Gasteiger partial charge on any atom is -0.329 e. The van der Waals surface area contributed by atoms with Crippen LogP contribution in [0.2, 0.25) is 0 Å². The molecule has 0 atom stereocenters. The van der Waals surface area contributed by atoms with Gasteiger partial charge in [-0.2, -0.15) is 0 Å². The quantitative estimate of drug-likeness (QED) is 0.674. The van der Waals surface area contributed by atoms with Gasteiger partial charge in [0.2, 0.25) is 0 Å². The van der Waals surface area contributed by atoms with Crippen molar-refractivity contribution in [3.8, 4) is 0 Å². The maximum atomic E-state index is 11.3. The van der Waals surface area contributed by atoms with Crippen LogP contribution in [0.15, 0.2) is 0 Å². The first kappa shape index (κ1) is 12.9. The van der Waals surface area contributed by atoms with Crippen LogP contribution in [-0.2, 0) is 9.84 Å². The lowest BCUT2D eigenvalue weighted by Crippen LogP contribution is -2.43. The fourth-order valence-electron chi connectivity index (χ4n) is 1.07. The maximum Gasteiger partial charge on any atom is 0.153 e. The Balaban J connectivity index is 4.34. The van der Waals surface area contributed by atoms with Crippen LogP contribution in [0.5, 0.6) is 0 Å². The molecule has 80 valence electrons. The molecule has 0 aliphatic carbocycles. The van der Waals surface area contributed by atoms with Gasteiger partial charge in [-0.1, -0.05) is 0 Å². The van der Waals surface area contributed by atoms with Crippen molar-refractivity contribution in [3.05, 3.63) is 0 Å². The summed E-state index contributed by atoms with van der Waals surface area (Å²) in [7, 11) is -1.12. The Kier molecular flexibility index (Phi) is 4.35. The SMILES string of the molecule is CN(CCN)CC(C)(C)S(C)(=O)=O. The molecule has 5 heteroatoms. The number of sulfone groups is 1. The summed E-state index contributed by atoms with van der Waals surface area (Å²) >= 11 is 0. The van der Waals surface area contributed by atoms with E-state index in [0.717, 1.165) is 6.54 Å². The van der Waals surface area contributed by atoms with Gasteiger partial charge in [0.15, 0.2) is 9.84 Å². The Labute approximate surface area is 81.0 Å². The molecule has 0 saturated heterocycles. The van der Waals surface area contributed by atoms with Crippen LogP contribution in [-0.4, -0.2) is 51.0 Å². The molecule has 0 spiro atoms. The second kappa shape index (κ2) is 4.39. The van der Waals surface area contributed by atoms with Crippen molar-refractivity contribution < 1.29 is 8.42 Å². The van der Waals surface area contributed by atoms with Crippen molar-refractivity contribution in [1.29, 1.82) is 0 Å². The topological polar surface area (TPSA) is 63.4 Å². The summed E-state index contributed by atoms with van der Waals surface area (Å²) in [4.78, 5) is 1.93. The number of nitrogens with zero attached hydrogens (tertiary/aromatic N) is 1. The van der Waals surface area contributed by atoms with Crippen molar-refractivity contribution in [3.63, 3.8) is 0 Å². The summed E-state index contributed by atoms with van der Waals surface area (Å²) in [6.07, 6.45) is 1.27. The van der Waals surface area contributed by atoms with E-state index < -0.39 is 14.6 Å². The zero-order valence-corrected chi connectivity index (χ0v) is 9.69. The average molecular weight is 208 g/mol. The summed E-state index contributed by atoms with van der Waals surface area (Å²) in [6.45, 7) is 5.25. The minimum atomic E-state index is -3.00. The molecule has 0 amide bonds. The number of rotatable bonds is 5. The van der Waals surface area contributed by atoms with Crippen molar-refractivity contribution in [2.24, 2.45) is 5.73 Å². The van der Waals surface area contributed by atoms with Gasteiger partial charge in [-0.05, 0) is 20.9 Å². The molecule has 0 aromatic carbocycles. The highest BCUT2D eigenvalue weighted by atomic mass is 32.2. The maximum absolute atomic E-state index is 11.3. The number of nitrogens with two attached hydrogens (primary N) is 1. The Hall–Kier alpha value is -0.130. The predicted molar refractivity (Wildman–Crippen MR) is 55.5 cm³/mol. The van der Waals surface area contributed by atoms with Crippen molar-refractivity contribution in [2.75, 3.05) is 32.9 Å². The second-order valence-electron chi connectivity index (χ2n) is 4.06. The van der Waals surface area contributed by atoms with Crippen LogP contribution in [0.4, 0.5) is 0 Å². The van der Waals surface area contributed by atoms with Crippen LogP contribution in [0.1, 0.15) is 13.8 Å². The first-order valence-electron chi connectivity index (χ1n) is 4.29.